The number of halogens is 1. The second kappa shape index (κ2) is 9.10. The molecule has 136 valence electrons. The van der Waals surface area contributed by atoms with Crippen LogP contribution in [0.25, 0.3) is 0 Å². The van der Waals surface area contributed by atoms with E-state index < -0.39 is 27.4 Å². The van der Waals surface area contributed by atoms with Crippen molar-refractivity contribution in [1.82, 2.24) is 4.31 Å². The minimum Gasteiger partial charge on any atom is -0.460 e. The number of benzene rings is 1. The normalized spacial score (nSPS) is 12.0. The highest BCUT2D eigenvalue weighted by atomic mass is 32.2. The van der Waals surface area contributed by atoms with Crippen LogP contribution in [-0.2, 0) is 19.5 Å². The van der Waals surface area contributed by atoms with Crippen molar-refractivity contribution in [3.05, 3.63) is 29.6 Å². The van der Waals surface area contributed by atoms with Crippen LogP contribution in [0, 0.1) is 5.82 Å². The fourth-order valence-corrected chi connectivity index (χ4v) is 3.51. The summed E-state index contributed by atoms with van der Waals surface area (Å²) in [6.45, 7) is 7.78. The Morgan fingerprint density at radius 2 is 1.83 bits per heavy atom. The molecule has 0 aliphatic rings. The number of esters is 1. The van der Waals surface area contributed by atoms with E-state index in [9.17, 15) is 17.6 Å². The smallest absolute Gasteiger partial charge is 0.341 e. The van der Waals surface area contributed by atoms with E-state index in [1.165, 1.54) is 4.31 Å². The van der Waals surface area contributed by atoms with E-state index in [0.717, 1.165) is 18.2 Å². The average molecular weight is 361 g/mol. The van der Waals surface area contributed by atoms with Gasteiger partial charge in [0.2, 0.25) is 10.0 Å². The molecule has 0 aromatic heterocycles. The molecule has 0 aliphatic heterocycles. The molecular weight excluding hydrogens is 337 g/mol. The Balaban J connectivity index is 2.96. The molecule has 0 bridgehead atoms. The largest absolute Gasteiger partial charge is 0.460 e. The lowest BCUT2D eigenvalue weighted by molar-refractivity contribution is 0.0173. The molecule has 0 fully saturated rings. The maximum absolute atomic E-state index is 13.9. The monoisotopic (exact) mass is 361 g/mol. The topological polar surface area (TPSA) is 72.9 Å². The first kappa shape index (κ1) is 20.5. The molecule has 1 aromatic carbocycles. The van der Waals surface area contributed by atoms with Crippen LogP contribution < -0.4 is 0 Å². The van der Waals surface area contributed by atoms with Crippen LogP contribution in [0.1, 0.15) is 38.1 Å². The highest BCUT2D eigenvalue weighted by molar-refractivity contribution is 7.89. The number of carbonyl (C=O) groups is 1. The fraction of sp³-hybridized carbons (Fsp3) is 0.562. The molecule has 0 radical (unpaired) electrons. The van der Waals surface area contributed by atoms with Crippen molar-refractivity contribution in [3.8, 4) is 0 Å². The molecule has 0 amide bonds. The summed E-state index contributed by atoms with van der Waals surface area (Å²) in [6.07, 6.45) is -0.0111. The van der Waals surface area contributed by atoms with Crippen molar-refractivity contribution < 1.29 is 27.1 Å². The quantitative estimate of drug-likeness (QED) is 0.499. The third kappa shape index (κ3) is 5.25. The summed E-state index contributed by atoms with van der Waals surface area (Å²) in [6, 6.07) is 3.11. The molecule has 0 heterocycles. The van der Waals surface area contributed by atoms with Crippen LogP contribution in [0.5, 0.6) is 0 Å². The van der Waals surface area contributed by atoms with Crippen LogP contribution in [0.15, 0.2) is 23.1 Å². The average Bonchev–Trinajstić information content (AvgIpc) is 2.52. The SMILES string of the molecule is CCN(CC)S(=O)(=O)c1ccc(F)c(C(=O)OCCOC(C)C)c1. The summed E-state index contributed by atoms with van der Waals surface area (Å²) in [7, 11) is -3.78. The van der Waals surface area contributed by atoms with Crippen LogP contribution in [-0.4, -0.2) is 51.1 Å². The van der Waals surface area contributed by atoms with Gasteiger partial charge in [-0.1, -0.05) is 13.8 Å². The van der Waals surface area contributed by atoms with Crippen LogP contribution in [0.4, 0.5) is 4.39 Å². The molecule has 0 aliphatic carbocycles. The number of sulfonamides is 1. The first-order valence-electron chi connectivity index (χ1n) is 7.82. The molecule has 1 rings (SSSR count). The highest BCUT2D eigenvalue weighted by Crippen LogP contribution is 2.19. The molecule has 0 saturated carbocycles. The Labute approximate surface area is 142 Å². The van der Waals surface area contributed by atoms with Gasteiger partial charge >= 0.3 is 5.97 Å². The van der Waals surface area contributed by atoms with Gasteiger partial charge in [0.1, 0.15) is 12.4 Å². The fourth-order valence-electron chi connectivity index (χ4n) is 2.03. The number of hydrogen-bond donors (Lipinski definition) is 0. The number of carbonyl (C=O) groups excluding carboxylic acids is 1. The third-order valence-corrected chi connectivity index (χ3v) is 5.31. The van der Waals surface area contributed by atoms with E-state index in [1.54, 1.807) is 13.8 Å². The summed E-state index contributed by atoms with van der Waals surface area (Å²) in [4.78, 5) is 11.8. The van der Waals surface area contributed by atoms with E-state index in [2.05, 4.69) is 0 Å². The Hall–Kier alpha value is -1.51. The molecule has 0 atom stereocenters. The first-order valence-corrected chi connectivity index (χ1v) is 9.26. The Bertz CT molecular complexity index is 656. The Morgan fingerprint density at radius 3 is 2.38 bits per heavy atom. The molecule has 24 heavy (non-hydrogen) atoms. The van der Waals surface area contributed by atoms with Gasteiger partial charge in [0.15, 0.2) is 0 Å². The van der Waals surface area contributed by atoms with Crippen molar-refractivity contribution in [1.29, 1.82) is 0 Å². The van der Waals surface area contributed by atoms with Crippen molar-refractivity contribution in [2.75, 3.05) is 26.3 Å². The number of hydrogen-bond acceptors (Lipinski definition) is 5. The van der Waals surface area contributed by atoms with Crippen LogP contribution in [0.2, 0.25) is 0 Å². The molecule has 6 nitrogen and oxygen atoms in total. The van der Waals surface area contributed by atoms with Crippen molar-refractivity contribution >= 4 is 16.0 Å². The molecule has 0 N–H and O–H groups in total. The van der Waals surface area contributed by atoms with Gasteiger partial charge in [-0.3, -0.25) is 0 Å². The van der Waals surface area contributed by atoms with Crippen molar-refractivity contribution in [2.24, 2.45) is 0 Å². The summed E-state index contributed by atoms with van der Waals surface area (Å²) < 4.78 is 50.1. The highest BCUT2D eigenvalue weighted by Gasteiger charge is 2.24. The van der Waals surface area contributed by atoms with Gasteiger partial charge < -0.3 is 9.47 Å². The molecule has 1 aromatic rings. The number of rotatable bonds is 9. The third-order valence-electron chi connectivity index (χ3n) is 3.27. The van der Waals surface area contributed by atoms with E-state index >= 15 is 0 Å². The van der Waals surface area contributed by atoms with Gasteiger partial charge in [0.05, 0.1) is 23.2 Å². The molecule has 0 unspecified atom stereocenters. The van der Waals surface area contributed by atoms with E-state index in [-0.39, 0.29) is 37.3 Å². The van der Waals surface area contributed by atoms with Gasteiger partial charge in [-0.05, 0) is 32.0 Å². The van der Waals surface area contributed by atoms with E-state index in [1.807, 2.05) is 13.8 Å². The van der Waals surface area contributed by atoms with Gasteiger partial charge in [-0.15, -0.1) is 0 Å². The maximum Gasteiger partial charge on any atom is 0.341 e. The first-order chi connectivity index (χ1) is 11.2. The zero-order chi connectivity index (χ0) is 18.3. The summed E-state index contributed by atoms with van der Waals surface area (Å²) in [5.74, 6) is -1.75. The summed E-state index contributed by atoms with van der Waals surface area (Å²) in [5.41, 5.74) is -0.409. The van der Waals surface area contributed by atoms with Crippen molar-refractivity contribution in [3.63, 3.8) is 0 Å². The molecule has 0 saturated heterocycles. The number of ether oxygens (including phenoxy) is 2. The van der Waals surface area contributed by atoms with Gasteiger partial charge in [-0.25, -0.2) is 17.6 Å². The number of nitrogens with zero attached hydrogens (tertiary/aromatic N) is 1. The van der Waals surface area contributed by atoms with E-state index in [4.69, 9.17) is 9.47 Å². The molecule has 0 spiro atoms. The van der Waals surface area contributed by atoms with Crippen LogP contribution in [0.3, 0.4) is 0 Å². The maximum atomic E-state index is 13.9. The van der Waals surface area contributed by atoms with Gasteiger partial charge in [-0.2, -0.15) is 4.31 Å². The lowest BCUT2D eigenvalue weighted by Crippen LogP contribution is -2.30. The lowest BCUT2D eigenvalue weighted by Gasteiger charge is -2.18. The Kier molecular flexibility index (Phi) is 7.78. The zero-order valence-electron chi connectivity index (χ0n) is 14.4. The lowest BCUT2D eigenvalue weighted by atomic mass is 10.2. The predicted octanol–water partition coefficient (Wildman–Crippen LogP) is 2.44. The minimum absolute atomic E-state index is 0.0111. The van der Waals surface area contributed by atoms with Crippen molar-refractivity contribution in [2.45, 2.75) is 38.7 Å². The van der Waals surface area contributed by atoms with E-state index in [0.29, 0.717) is 0 Å². The summed E-state index contributed by atoms with van der Waals surface area (Å²) >= 11 is 0. The van der Waals surface area contributed by atoms with Gasteiger partial charge in [0, 0.05) is 13.1 Å². The minimum atomic E-state index is -3.78. The second-order valence-electron chi connectivity index (χ2n) is 5.29. The Morgan fingerprint density at radius 1 is 1.21 bits per heavy atom. The standard InChI is InChI=1S/C16H24FNO5S/c1-5-18(6-2)24(20,21)13-7-8-15(17)14(11-13)16(19)23-10-9-22-12(3)4/h7-8,11-12H,5-6,9-10H2,1-4H3. The molecular formula is C16H24FNO5S. The van der Waals surface area contributed by atoms with Crippen LogP contribution >= 0.6 is 0 Å². The zero-order valence-corrected chi connectivity index (χ0v) is 15.2. The summed E-state index contributed by atoms with van der Waals surface area (Å²) in [5, 5.41) is 0. The predicted molar refractivity (Wildman–Crippen MR) is 87.9 cm³/mol. The van der Waals surface area contributed by atoms with Gasteiger partial charge in [0.25, 0.3) is 0 Å². The molecule has 8 heteroatoms. The second-order valence-corrected chi connectivity index (χ2v) is 7.22.